The number of carbonyl (C=O) groups is 1. The summed E-state index contributed by atoms with van der Waals surface area (Å²) in [6, 6.07) is 9.13. The van der Waals surface area contributed by atoms with Crippen LogP contribution in [0.4, 0.5) is 5.13 Å². The van der Waals surface area contributed by atoms with Crippen LogP contribution in [0.1, 0.15) is 12.0 Å². The molecule has 1 heterocycles. The van der Waals surface area contributed by atoms with Gasteiger partial charge < -0.3 is 19.5 Å². The molecule has 1 N–H and O–H groups in total. The van der Waals surface area contributed by atoms with E-state index in [9.17, 15) is 4.79 Å². The lowest BCUT2D eigenvalue weighted by atomic mass is 10.1. The molecule has 1 aromatic heterocycles. The van der Waals surface area contributed by atoms with E-state index in [4.69, 9.17) is 25.8 Å². The number of amides is 1. The summed E-state index contributed by atoms with van der Waals surface area (Å²) in [5.41, 5.74) is 1.72. The largest absolute Gasteiger partial charge is 0.493 e. The Morgan fingerprint density at radius 1 is 1.11 bits per heavy atom. The van der Waals surface area contributed by atoms with Gasteiger partial charge in [0.2, 0.25) is 11.7 Å². The molecule has 0 saturated heterocycles. The normalized spacial score (nSPS) is 10.7. The number of nitrogens with zero attached hydrogens (tertiary/aromatic N) is 1. The third-order valence-corrected chi connectivity index (χ3v) is 5.13. The first-order valence-corrected chi connectivity index (χ1v) is 9.38. The predicted molar refractivity (Wildman–Crippen MR) is 108 cm³/mol. The number of hydrogen-bond acceptors (Lipinski definition) is 6. The summed E-state index contributed by atoms with van der Waals surface area (Å²) < 4.78 is 16.9. The first-order valence-electron chi connectivity index (χ1n) is 8.19. The number of carbonyl (C=O) groups excluding carboxylic acids is 1. The number of aromatic nitrogens is 1. The van der Waals surface area contributed by atoms with E-state index in [-0.39, 0.29) is 5.91 Å². The smallest absolute Gasteiger partial charge is 0.226 e. The minimum absolute atomic E-state index is 0.117. The van der Waals surface area contributed by atoms with E-state index in [0.29, 0.717) is 40.2 Å². The van der Waals surface area contributed by atoms with Crippen LogP contribution in [0.2, 0.25) is 5.02 Å². The molecule has 6 nitrogen and oxygen atoms in total. The van der Waals surface area contributed by atoms with Crippen molar-refractivity contribution in [3.63, 3.8) is 0 Å². The third-order valence-electron chi connectivity index (χ3n) is 3.96. The Morgan fingerprint density at radius 2 is 1.81 bits per heavy atom. The van der Waals surface area contributed by atoms with E-state index in [1.54, 1.807) is 27.4 Å². The van der Waals surface area contributed by atoms with Crippen molar-refractivity contribution in [2.75, 3.05) is 26.6 Å². The molecule has 0 aliphatic heterocycles. The van der Waals surface area contributed by atoms with Gasteiger partial charge in [0.15, 0.2) is 16.6 Å². The Labute approximate surface area is 166 Å². The fraction of sp³-hybridized carbons (Fsp3) is 0.263. The molecule has 0 fully saturated rings. The van der Waals surface area contributed by atoms with Crippen molar-refractivity contribution in [1.29, 1.82) is 0 Å². The Balaban J connectivity index is 1.67. The molecular weight excluding hydrogens is 388 g/mol. The number of anilines is 1. The topological polar surface area (TPSA) is 69.7 Å². The molecule has 0 atom stereocenters. The van der Waals surface area contributed by atoms with E-state index in [1.165, 1.54) is 11.3 Å². The Bertz CT molecular complexity index is 948. The van der Waals surface area contributed by atoms with Crippen molar-refractivity contribution >= 4 is 44.2 Å². The molecule has 2 aromatic carbocycles. The number of aryl methyl sites for hydroxylation is 1. The van der Waals surface area contributed by atoms with E-state index in [2.05, 4.69) is 10.3 Å². The molecule has 0 unspecified atom stereocenters. The molecule has 1 amide bonds. The number of ether oxygens (including phenoxy) is 3. The fourth-order valence-corrected chi connectivity index (χ4v) is 3.83. The van der Waals surface area contributed by atoms with Gasteiger partial charge in [0.1, 0.15) is 0 Å². The van der Waals surface area contributed by atoms with Gasteiger partial charge in [0.25, 0.3) is 0 Å². The maximum Gasteiger partial charge on any atom is 0.226 e. The second-order valence-corrected chi connectivity index (χ2v) is 7.18. The Kier molecular flexibility index (Phi) is 6.03. The molecule has 0 bridgehead atoms. The van der Waals surface area contributed by atoms with Gasteiger partial charge in [0, 0.05) is 11.4 Å². The van der Waals surface area contributed by atoms with Gasteiger partial charge in [-0.1, -0.05) is 22.9 Å². The van der Waals surface area contributed by atoms with E-state index in [1.807, 2.05) is 24.3 Å². The van der Waals surface area contributed by atoms with Gasteiger partial charge in [-0.25, -0.2) is 4.98 Å². The predicted octanol–water partition coefficient (Wildman–Crippen LogP) is 4.55. The van der Waals surface area contributed by atoms with Crippen molar-refractivity contribution in [3.8, 4) is 17.2 Å². The number of fused-ring (bicyclic) bond motifs is 1. The minimum atomic E-state index is -0.117. The van der Waals surface area contributed by atoms with Gasteiger partial charge in [-0.3, -0.25) is 4.79 Å². The van der Waals surface area contributed by atoms with Crippen LogP contribution in [0.3, 0.4) is 0 Å². The van der Waals surface area contributed by atoms with Gasteiger partial charge >= 0.3 is 0 Å². The highest BCUT2D eigenvalue weighted by Crippen LogP contribution is 2.38. The Hall–Kier alpha value is -2.51. The van der Waals surface area contributed by atoms with Crippen molar-refractivity contribution in [2.24, 2.45) is 0 Å². The average molecular weight is 407 g/mol. The van der Waals surface area contributed by atoms with Crippen LogP contribution in [-0.2, 0) is 11.2 Å². The zero-order chi connectivity index (χ0) is 19.4. The van der Waals surface area contributed by atoms with E-state index in [0.717, 1.165) is 15.8 Å². The third kappa shape index (κ3) is 4.43. The zero-order valence-corrected chi connectivity index (χ0v) is 16.7. The van der Waals surface area contributed by atoms with Crippen LogP contribution < -0.4 is 19.5 Å². The van der Waals surface area contributed by atoms with Crippen LogP contribution in [0, 0.1) is 0 Å². The molecule has 0 aliphatic rings. The molecule has 0 aliphatic carbocycles. The second-order valence-electron chi connectivity index (χ2n) is 5.71. The van der Waals surface area contributed by atoms with Crippen molar-refractivity contribution in [2.45, 2.75) is 12.8 Å². The molecule has 142 valence electrons. The fourth-order valence-electron chi connectivity index (χ4n) is 2.67. The molecule has 3 rings (SSSR count). The molecule has 27 heavy (non-hydrogen) atoms. The number of halogens is 1. The first-order chi connectivity index (χ1) is 13.0. The summed E-state index contributed by atoms with van der Waals surface area (Å²) in [5.74, 6) is 1.54. The monoisotopic (exact) mass is 406 g/mol. The average Bonchev–Trinajstić information content (AvgIpc) is 3.06. The number of methoxy groups -OCH3 is 3. The van der Waals surface area contributed by atoms with Crippen LogP contribution in [0.25, 0.3) is 10.2 Å². The minimum Gasteiger partial charge on any atom is -0.493 e. The standard InChI is InChI=1S/C19H19ClN2O4S/c1-24-14-8-11(9-15(25-2)18(14)26-3)4-7-17(23)22-19-21-13-6-5-12(20)10-16(13)27-19/h5-6,8-10H,4,7H2,1-3H3,(H,21,22,23). The van der Waals surface area contributed by atoms with Gasteiger partial charge in [-0.2, -0.15) is 0 Å². The summed E-state index contributed by atoms with van der Waals surface area (Å²) in [4.78, 5) is 16.7. The van der Waals surface area contributed by atoms with E-state index >= 15 is 0 Å². The summed E-state index contributed by atoms with van der Waals surface area (Å²) in [6.07, 6.45) is 0.828. The first kappa shape index (κ1) is 19.3. The van der Waals surface area contributed by atoms with Gasteiger partial charge in [-0.05, 0) is 42.3 Å². The Morgan fingerprint density at radius 3 is 2.44 bits per heavy atom. The molecule has 0 spiro atoms. The van der Waals surface area contributed by atoms with Gasteiger partial charge in [-0.15, -0.1) is 0 Å². The second kappa shape index (κ2) is 8.45. The van der Waals surface area contributed by atoms with Crippen molar-refractivity contribution in [3.05, 3.63) is 40.9 Å². The van der Waals surface area contributed by atoms with Crippen LogP contribution in [0.15, 0.2) is 30.3 Å². The van der Waals surface area contributed by atoms with Crippen molar-refractivity contribution < 1.29 is 19.0 Å². The lowest BCUT2D eigenvalue weighted by molar-refractivity contribution is -0.116. The molecule has 8 heteroatoms. The highest BCUT2D eigenvalue weighted by atomic mass is 35.5. The maximum absolute atomic E-state index is 12.3. The summed E-state index contributed by atoms with van der Waals surface area (Å²) >= 11 is 7.38. The SMILES string of the molecule is COc1cc(CCC(=O)Nc2nc3ccc(Cl)cc3s2)cc(OC)c1OC. The number of rotatable bonds is 7. The summed E-state index contributed by atoms with van der Waals surface area (Å²) in [7, 11) is 4.68. The van der Waals surface area contributed by atoms with Gasteiger partial charge in [0.05, 0.1) is 31.5 Å². The van der Waals surface area contributed by atoms with Crippen LogP contribution in [0.5, 0.6) is 17.2 Å². The summed E-state index contributed by atoms with van der Waals surface area (Å²) in [6.45, 7) is 0. The molecular formula is C19H19ClN2O4S. The number of nitrogens with one attached hydrogen (secondary N) is 1. The molecule has 0 radical (unpaired) electrons. The van der Waals surface area contributed by atoms with Crippen LogP contribution >= 0.6 is 22.9 Å². The highest BCUT2D eigenvalue weighted by Gasteiger charge is 2.14. The molecule has 3 aromatic rings. The maximum atomic E-state index is 12.3. The highest BCUT2D eigenvalue weighted by molar-refractivity contribution is 7.22. The quantitative estimate of drug-likeness (QED) is 0.623. The van der Waals surface area contributed by atoms with Crippen LogP contribution in [-0.4, -0.2) is 32.2 Å². The summed E-state index contributed by atoms with van der Waals surface area (Å²) in [5, 5.41) is 4.04. The molecule has 0 saturated carbocycles. The number of hydrogen-bond donors (Lipinski definition) is 1. The lowest BCUT2D eigenvalue weighted by Gasteiger charge is -2.14. The number of benzene rings is 2. The van der Waals surface area contributed by atoms with E-state index < -0.39 is 0 Å². The van der Waals surface area contributed by atoms with Crippen molar-refractivity contribution in [1.82, 2.24) is 4.98 Å². The zero-order valence-electron chi connectivity index (χ0n) is 15.2. The lowest BCUT2D eigenvalue weighted by Crippen LogP contribution is -2.12. The number of thiazole rings is 1.